The molecule has 0 bridgehead atoms. The number of hydrogen-bond acceptors (Lipinski definition) is 4. The zero-order chi connectivity index (χ0) is 29.7. The summed E-state index contributed by atoms with van der Waals surface area (Å²) < 4.78 is 0. The van der Waals surface area contributed by atoms with Gasteiger partial charge in [0.1, 0.15) is 17.3 Å². The summed E-state index contributed by atoms with van der Waals surface area (Å²) in [5.41, 5.74) is 2.01. The molecule has 11 atom stereocenters. The number of fused-ring (bicyclic) bond motifs is 10. The van der Waals surface area contributed by atoms with Crippen LogP contribution in [-0.4, -0.2) is 23.1 Å². The van der Waals surface area contributed by atoms with Crippen LogP contribution in [0.1, 0.15) is 137 Å². The SMILES string of the molecule is CC12CCC3C(CCC4=CC(=O)CCC43C)C1CCC2=O.CC12CCC3C(CCC4CC(=O)CCC43C)C1CCC2=O. The van der Waals surface area contributed by atoms with Gasteiger partial charge >= 0.3 is 0 Å². The highest BCUT2D eigenvalue weighted by Crippen LogP contribution is 2.66. The molecule has 7 saturated carbocycles. The molecule has 7 fully saturated rings. The van der Waals surface area contributed by atoms with Crippen molar-refractivity contribution >= 4 is 23.1 Å². The van der Waals surface area contributed by atoms with E-state index >= 15 is 0 Å². The van der Waals surface area contributed by atoms with Gasteiger partial charge in [-0.1, -0.05) is 33.3 Å². The van der Waals surface area contributed by atoms with Crippen molar-refractivity contribution < 1.29 is 19.2 Å². The number of rotatable bonds is 0. The Morgan fingerprint density at radius 3 is 1.81 bits per heavy atom. The van der Waals surface area contributed by atoms with Gasteiger partial charge in [0.05, 0.1) is 0 Å². The first-order valence-corrected chi connectivity index (χ1v) is 17.7. The van der Waals surface area contributed by atoms with E-state index < -0.39 is 0 Å². The Balaban J connectivity index is 0.000000137. The zero-order valence-electron chi connectivity index (χ0n) is 26.8. The van der Waals surface area contributed by atoms with Gasteiger partial charge in [-0.25, -0.2) is 0 Å². The lowest BCUT2D eigenvalue weighted by atomic mass is 9.45. The number of carbonyl (C=O) groups is 4. The highest BCUT2D eigenvalue weighted by Gasteiger charge is 2.61. The number of hydrogen-bond donors (Lipinski definition) is 0. The molecule has 42 heavy (non-hydrogen) atoms. The number of ketones is 4. The molecule has 0 N–H and O–H groups in total. The molecule has 4 nitrogen and oxygen atoms in total. The normalized spacial score (nSPS) is 51.1. The molecule has 8 aliphatic rings. The fraction of sp³-hybridized carbons (Fsp3) is 0.842. The van der Waals surface area contributed by atoms with Gasteiger partial charge in [-0.15, -0.1) is 0 Å². The van der Waals surface area contributed by atoms with E-state index in [2.05, 4.69) is 27.7 Å². The largest absolute Gasteiger partial charge is 0.300 e. The van der Waals surface area contributed by atoms with Gasteiger partial charge in [0.2, 0.25) is 0 Å². The van der Waals surface area contributed by atoms with E-state index in [1.807, 2.05) is 6.08 Å². The zero-order valence-corrected chi connectivity index (χ0v) is 26.8. The Morgan fingerprint density at radius 1 is 0.548 bits per heavy atom. The summed E-state index contributed by atoms with van der Waals surface area (Å²) >= 11 is 0. The summed E-state index contributed by atoms with van der Waals surface area (Å²) in [5, 5.41) is 0. The highest BCUT2D eigenvalue weighted by molar-refractivity contribution is 5.92. The van der Waals surface area contributed by atoms with E-state index in [4.69, 9.17) is 0 Å². The van der Waals surface area contributed by atoms with E-state index in [9.17, 15) is 19.2 Å². The minimum Gasteiger partial charge on any atom is -0.300 e. The van der Waals surface area contributed by atoms with E-state index in [1.165, 1.54) is 37.7 Å². The third-order valence-corrected chi connectivity index (χ3v) is 15.9. The number of allylic oxidation sites excluding steroid dienone is 1. The lowest BCUT2D eigenvalue weighted by Gasteiger charge is -2.59. The molecule has 0 aromatic carbocycles. The molecule has 0 aromatic rings. The van der Waals surface area contributed by atoms with Crippen LogP contribution in [0.5, 0.6) is 0 Å². The van der Waals surface area contributed by atoms with Gasteiger partial charge in [0.15, 0.2) is 5.78 Å². The van der Waals surface area contributed by atoms with Gasteiger partial charge in [-0.2, -0.15) is 0 Å². The molecule has 0 aromatic heterocycles. The quantitative estimate of drug-likeness (QED) is 0.292. The fourth-order valence-corrected chi connectivity index (χ4v) is 13.1. The molecular weight excluding hydrogens is 520 g/mol. The van der Waals surface area contributed by atoms with Crippen molar-refractivity contribution in [1.82, 2.24) is 0 Å². The van der Waals surface area contributed by atoms with Crippen LogP contribution in [0.3, 0.4) is 0 Å². The molecule has 11 unspecified atom stereocenters. The average Bonchev–Trinajstić information content (AvgIpc) is 3.44. The van der Waals surface area contributed by atoms with Crippen molar-refractivity contribution in [3.8, 4) is 0 Å². The van der Waals surface area contributed by atoms with Crippen LogP contribution in [0.4, 0.5) is 0 Å². The lowest BCUT2D eigenvalue weighted by Crippen LogP contribution is -2.53. The van der Waals surface area contributed by atoms with E-state index in [0.717, 1.165) is 88.9 Å². The second-order valence-electron chi connectivity index (χ2n) is 17.2. The van der Waals surface area contributed by atoms with Crippen LogP contribution in [0.2, 0.25) is 0 Å². The minimum atomic E-state index is -0.0246. The standard InChI is InChI=1S/C19H28O2.C19H26O2/c2*1-18-9-7-13(20)11-12(18)3-4-14-15-5-6-17(21)19(15,2)10-8-16(14)18/h12,14-16H,3-11H2,1-2H3;11,14-16H,3-10H2,1-2H3. The molecule has 0 saturated heterocycles. The number of Topliss-reactive ketones (excluding diaryl/α,β-unsaturated/α-hetero) is 3. The highest BCUT2D eigenvalue weighted by atomic mass is 16.1. The molecule has 0 aliphatic heterocycles. The van der Waals surface area contributed by atoms with Gasteiger partial charge < -0.3 is 0 Å². The maximum absolute atomic E-state index is 12.4. The Morgan fingerprint density at radius 2 is 1.14 bits per heavy atom. The maximum atomic E-state index is 12.4. The van der Waals surface area contributed by atoms with Gasteiger partial charge in [-0.05, 0) is 135 Å². The lowest BCUT2D eigenvalue weighted by molar-refractivity contribution is -0.144. The number of carbonyl (C=O) groups excluding carboxylic acids is 4. The third kappa shape index (κ3) is 4.11. The molecule has 0 radical (unpaired) electrons. The van der Waals surface area contributed by atoms with Crippen LogP contribution >= 0.6 is 0 Å². The predicted octanol–water partition coefficient (Wildman–Crippen LogP) is 8.25. The molecule has 0 spiro atoms. The van der Waals surface area contributed by atoms with Crippen LogP contribution in [0.25, 0.3) is 0 Å². The van der Waals surface area contributed by atoms with Crippen molar-refractivity contribution in [3.63, 3.8) is 0 Å². The molecule has 4 heteroatoms. The third-order valence-electron chi connectivity index (χ3n) is 15.9. The van der Waals surface area contributed by atoms with Crippen molar-refractivity contribution in [2.75, 3.05) is 0 Å². The van der Waals surface area contributed by atoms with Crippen LogP contribution in [0, 0.1) is 63.1 Å². The molecular formula is C38H54O4. The molecule has 0 heterocycles. The van der Waals surface area contributed by atoms with Crippen LogP contribution < -0.4 is 0 Å². The van der Waals surface area contributed by atoms with E-state index in [0.29, 0.717) is 58.1 Å². The molecule has 0 amide bonds. The Bertz CT molecular complexity index is 1230. The molecule has 230 valence electrons. The van der Waals surface area contributed by atoms with Crippen molar-refractivity contribution in [1.29, 1.82) is 0 Å². The van der Waals surface area contributed by atoms with E-state index in [1.54, 1.807) is 0 Å². The fourth-order valence-electron chi connectivity index (χ4n) is 13.1. The molecule has 8 aliphatic carbocycles. The first-order valence-electron chi connectivity index (χ1n) is 17.7. The summed E-state index contributed by atoms with van der Waals surface area (Å²) in [5.74, 6) is 6.71. The maximum Gasteiger partial charge on any atom is 0.155 e. The van der Waals surface area contributed by atoms with Gasteiger partial charge in [-0.3, -0.25) is 19.2 Å². The summed E-state index contributed by atoms with van der Waals surface area (Å²) in [6.07, 6.45) is 19.7. The predicted molar refractivity (Wildman–Crippen MR) is 163 cm³/mol. The Labute approximate surface area is 253 Å². The topological polar surface area (TPSA) is 68.3 Å². The van der Waals surface area contributed by atoms with Gasteiger partial charge in [0, 0.05) is 42.9 Å². The first-order chi connectivity index (χ1) is 19.9. The summed E-state index contributed by atoms with van der Waals surface area (Å²) in [6.45, 7) is 9.37. The van der Waals surface area contributed by atoms with Crippen LogP contribution in [0.15, 0.2) is 11.6 Å². The summed E-state index contributed by atoms with van der Waals surface area (Å²) in [6, 6.07) is 0. The van der Waals surface area contributed by atoms with Crippen molar-refractivity contribution in [2.24, 2.45) is 63.1 Å². The Hall–Kier alpha value is -1.58. The smallest absolute Gasteiger partial charge is 0.155 e. The monoisotopic (exact) mass is 574 g/mol. The van der Waals surface area contributed by atoms with Crippen molar-refractivity contribution in [3.05, 3.63) is 11.6 Å². The van der Waals surface area contributed by atoms with Crippen molar-refractivity contribution in [2.45, 2.75) is 137 Å². The van der Waals surface area contributed by atoms with Crippen LogP contribution in [-0.2, 0) is 19.2 Å². The second kappa shape index (κ2) is 9.96. The van der Waals surface area contributed by atoms with E-state index in [-0.39, 0.29) is 16.2 Å². The second-order valence-corrected chi connectivity index (χ2v) is 17.2. The Kier molecular flexibility index (Phi) is 6.91. The average molecular weight is 575 g/mol. The summed E-state index contributed by atoms with van der Waals surface area (Å²) in [7, 11) is 0. The first kappa shape index (κ1) is 29.1. The minimum absolute atomic E-state index is 0.00511. The summed E-state index contributed by atoms with van der Waals surface area (Å²) in [4.78, 5) is 48.3. The molecule has 8 rings (SSSR count). The van der Waals surface area contributed by atoms with Gasteiger partial charge in [0.25, 0.3) is 0 Å².